The van der Waals surface area contributed by atoms with Crippen LogP contribution in [0.15, 0.2) is 42.5 Å². The van der Waals surface area contributed by atoms with Gasteiger partial charge in [-0.25, -0.2) is 8.42 Å². The third-order valence-electron chi connectivity index (χ3n) is 4.91. The number of carbonyl (C=O) groups is 1. The number of aryl methyl sites for hydroxylation is 3. The van der Waals surface area contributed by atoms with Gasteiger partial charge < -0.3 is 10.1 Å². The average Bonchev–Trinajstić information content (AvgIpc) is 2.67. The lowest BCUT2D eigenvalue weighted by Crippen LogP contribution is -2.48. The second kappa shape index (κ2) is 9.78. The lowest BCUT2D eigenvalue weighted by atomic mass is 10.1. The first-order valence-corrected chi connectivity index (χ1v) is 11.5. The van der Waals surface area contributed by atoms with Crippen molar-refractivity contribution in [1.82, 2.24) is 5.32 Å². The Morgan fingerprint density at radius 1 is 1.14 bits per heavy atom. The summed E-state index contributed by atoms with van der Waals surface area (Å²) in [4.78, 5) is 12.6. The fourth-order valence-electron chi connectivity index (χ4n) is 3.15. The number of carbonyl (C=O) groups excluding carboxylic acids is 1. The van der Waals surface area contributed by atoms with Gasteiger partial charge in [0, 0.05) is 6.54 Å². The number of rotatable bonds is 9. The van der Waals surface area contributed by atoms with Gasteiger partial charge in [-0.15, -0.1) is 0 Å². The Bertz CT molecular complexity index is 957. The summed E-state index contributed by atoms with van der Waals surface area (Å²) in [6, 6.07) is 12.3. The fraction of sp³-hybridized carbons (Fsp3) is 0.409. The molecule has 0 aliphatic heterocycles. The number of methoxy groups -OCH3 is 1. The van der Waals surface area contributed by atoms with Crippen molar-refractivity contribution in [2.45, 2.75) is 39.7 Å². The molecule has 2 aromatic rings. The normalized spacial score (nSPS) is 12.3. The summed E-state index contributed by atoms with van der Waals surface area (Å²) in [7, 11) is -1.99. The summed E-state index contributed by atoms with van der Waals surface area (Å²) in [6.07, 6.45) is 2.65. The quantitative estimate of drug-likeness (QED) is 0.635. The number of amides is 1. The molecule has 0 aromatic heterocycles. The van der Waals surface area contributed by atoms with Crippen molar-refractivity contribution in [1.29, 1.82) is 0 Å². The molecule has 0 bridgehead atoms. The smallest absolute Gasteiger partial charge is 0.243 e. The first-order chi connectivity index (χ1) is 13.6. The molecule has 2 aromatic carbocycles. The molecule has 2 rings (SSSR count). The Hall–Kier alpha value is -2.54. The first kappa shape index (κ1) is 22.7. The van der Waals surface area contributed by atoms with E-state index >= 15 is 0 Å². The molecule has 158 valence electrons. The molecule has 6 nitrogen and oxygen atoms in total. The predicted molar refractivity (Wildman–Crippen MR) is 117 cm³/mol. The van der Waals surface area contributed by atoms with Crippen molar-refractivity contribution in [3.63, 3.8) is 0 Å². The van der Waals surface area contributed by atoms with E-state index in [9.17, 15) is 13.2 Å². The summed E-state index contributed by atoms with van der Waals surface area (Å²) >= 11 is 0. The van der Waals surface area contributed by atoms with E-state index in [0.717, 1.165) is 41.5 Å². The largest absolute Gasteiger partial charge is 0.497 e. The van der Waals surface area contributed by atoms with Crippen LogP contribution >= 0.6 is 0 Å². The zero-order valence-electron chi connectivity index (χ0n) is 17.7. The molecule has 0 fully saturated rings. The molecular weight excluding hydrogens is 388 g/mol. The summed E-state index contributed by atoms with van der Waals surface area (Å²) in [5, 5.41) is 2.85. The number of hydrogen-bond donors (Lipinski definition) is 1. The molecule has 0 spiro atoms. The molecule has 1 atom stereocenters. The third kappa shape index (κ3) is 6.22. The minimum absolute atomic E-state index is 0.320. The van der Waals surface area contributed by atoms with Crippen molar-refractivity contribution in [2.75, 3.05) is 24.2 Å². The van der Waals surface area contributed by atoms with E-state index in [4.69, 9.17) is 4.74 Å². The van der Waals surface area contributed by atoms with E-state index in [1.165, 1.54) is 4.31 Å². The van der Waals surface area contributed by atoms with Crippen molar-refractivity contribution < 1.29 is 17.9 Å². The number of sulfonamides is 1. The predicted octanol–water partition coefficient (Wildman–Crippen LogP) is 3.22. The molecule has 0 aliphatic rings. The van der Waals surface area contributed by atoms with Crippen molar-refractivity contribution in [2.24, 2.45) is 0 Å². The van der Waals surface area contributed by atoms with Gasteiger partial charge in [0.25, 0.3) is 0 Å². The van der Waals surface area contributed by atoms with Crippen LogP contribution in [0.2, 0.25) is 0 Å². The summed E-state index contributed by atoms with van der Waals surface area (Å²) in [5.74, 6) is 0.483. The monoisotopic (exact) mass is 418 g/mol. The molecule has 0 unspecified atom stereocenters. The van der Waals surface area contributed by atoms with Crippen molar-refractivity contribution in [3.8, 4) is 5.75 Å². The molecule has 0 saturated heterocycles. The summed E-state index contributed by atoms with van der Waals surface area (Å²) in [6.45, 7) is 5.95. The highest BCUT2D eigenvalue weighted by atomic mass is 32.2. The zero-order chi connectivity index (χ0) is 21.6. The SMILES string of the molecule is COc1cccc(CCCNC(=O)[C@@H](C)N(c2ccc(C)c(C)c2)S(C)(=O)=O)c1. The second-order valence-electron chi connectivity index (χ2n) is 7.25. The minimum atomic E-state index is -3.61. The van der Waals surface area contributed by atoms with Gasteiger partial charge in [-0.05, 0) is 74.6 Å². The maximum atomic E-state index is 12.6. The Morgan fingerprint density at radius 3 is 2.48 bits per heavy atom. The van der Waals surface area contributed by atoms with Crippen LogP contribution in [0, 0.1) is 13.8 Å². The Morgan fingerprint density at radius 2 is 1.86 bits per heavy atom. The highest BCUT2D eigenvalue weighted by Crippen LogP contribution is 2.23. The topological polar surface area (TPSA) is 75.7 Å². The van der Waals surface area contributed by atoms with Crippen molar-refractivity contribution in [3.05, 3.63) is 59.2 Å². The maximum Gasteiger partial charge on any atom is 0.243 e. The number of ether oxygens (including phenoxy) is 1. The van der Waals surface area contributed by atoms with Gasteiger partial charge >= 0.3 is 0 Å². The van der Waals surface area contributed by atoms with Crippen LogP contribution in [0.4, 0.5) is 5.69 Å². The number of nitrogens with one attached hydrogen (secondary N) is 1. The van der Waals surface area contributed by atoms with Gasteiger partial charge in [-0.2, -0.15) is 0 Å². The molecular formula is C22H30N2O4S. The van der Waals surface area contributed by atoms with Gasteiger partial charge in [0.2, 0.25) is 15.9 Å². The second-order valence-corrected chi connectivity index (χ2v) is 9.11. The highest BCUT2D eigenvalue weighted by Gasteiger charge is 2.29. The minimum Gasteiger partial charge on any atom is -0.497 e. The van der Waals surface area contributed by atoms with Gasteiger partial charge in [-0.1, -0.05) is 18.2 Å². The van der Waals surface area contributed by atoms with E-state index in [0.29, 0.717) is 12.2 Å². The maximum absolute atomic E-state index is 12.6. The van der Waals surface area contributed by atoms with Crippen LogP contribution in [0.5, 0.6) is 5.75 Å². The van der Waals surface area contributed by atoms with Gasteiger partial charge in [0.05, 0.1) is 19.1 Å². The average molecular weight is 419 g/mol. The van der Waals surface area contributed by atoms with E-state index < -0.39 is 16.1 Å². The molecule has 1 N–H and O–H groups in total. The van der Waals surface area contributed by atoms with E-state index in [1.54, 1.807) is 26.2 Å². The number of hydrogen-bond acceptors (Lipinski definition) is 4. The first-order valence-electron chi connectivity index (χ1n) is 9.60. The molecule has 0 aliphatic carbocycles. The molecule has 0 saturated carbocycles. The third-order valence-corrected chi connectivity index (χ3v) is 6.15. The van der Waals surface area contributed by atoms with Crippen LogP contribution in [-0.2, 0) is 21.2 Å². The van der Waals surface area contributed by atoms with Crippen LogP contribution < -0.4 is 14.4 Å². The zero-order valence-corrected chi connectivity index (χ0v) is 18.5. The molecule has 1 amide bonds. The highest BCUT2D eigenvalue weighted by molar-refractivity contribution is 7.92. The molecule has 0 radical (unpaired) electrons. The molecule has 7 heteroatoms. The lowest BCUT2D eigenvalue weighted by molar-refractivity contribution is -0.121. The lowest BCUT2D eigenvalue weighted by Gasteiger charge is -2.28. The number of benzene rings is 2. The van der Waals surface area contributed by atoms with Gasteiger partial charge in [0.15, 0.2) is 0 Å². The van der Waals surface area contributed by atoms with Crippen LogP contribution in [0.25, 0.3) is 0 Å². The van der Waals surface area contributed by atoms with Crippen LogP contribution in [0.1, 0.15) is 30.0 Å². The van der Waals surface area contributed by atoms with E-state index in [2.05, 4.69) is 5.32 Å². The standard InChI is InChI=1S/C22H30N2O4S/c1-16-11-12-20(14-17(16)2)24(29(5,26)27)18(3)22(25)23-13-7-9-19-8-6-10-21(15-19)28-4/h6,8,10-12,14-15,18H,7,9,13H2,1-5H3,(H,23,25)/t18-/m1/s1. The van der Waals surface area contributed by atoms with Gasteiger partial charge in [0.1, 0.15) is 11.8 Å². The summed E-state index contributed by atoms with van der Waals surface area (Å²) in [5.41, 5.74) is 3.66. The van der Waals surface area contributed by atoms with E-state index in [1.807, 2.05) is 44.2 Å². The van der Waals surface area contributed by atoms with Gasteiger partial charge in [-0.3, -0.25) is 9.10 Å². The molecule has 29 heavy (non-hydrogen) atoms. The Kier molecular flexibility index (Phi) is 7.67. The number of nitrogens with zero attached hydrogens (tertiary/aromatic N) is 1. The fourth-order valence-corrected chi connectivity index (χ4v) is 4.32. The van der Waals surface area contributed by atoms with Crippen LogP contribution in [0.3, 0.4) is 0 Å². The van der Waals surface area contributed by atoms with Crippen molar-refractivity contribution >= 4 is 21.6 Å². The number of anilines is 1. The van der Waals surface area contributed by atoms with E-state index in [-0.39, 0.29) is 5.91 Å². The Labute approximate surface area is 173 Å². The summed E-state index contributed by atoms with van der Waals surface area (Å²) < 4.78 is 31.2. The Balaban J connectivity index is 2.00. The molecule has 0 heterocycles. The van der Waals surface area contributed by atoms with Crippen LogP contribution in [-0.4, -0.2) is 40.3 Å².